The van der Waals surface area contributed by atoms with Gasteiger partial charge < -0.3 is 0 Å². The molecule has 0 saturated heterocycles. The highest BCUT2D eigenvalue weighted by Gasteiger charge is 2.54. The zero-order valence-corrected chi connectivity index (χ0v) is 11.1. The van der Waals surface area contributed by atoms with Gasteiger partial charge in [0.25, 0.3) is 0 Å². The Morgan fingerprint density at radius 3 is 2.20 bits per heavy atom. The fourth-order valence-corrected chi connectivity index (χ4v) is 2.63. The normalized spacial score (nSPS) is 35.4. The molecule has 0 aromatic rings. The summed E-state index contributed by atoms with van der Waals surface area (Å²) in [6, 6.07) is 0. The Balaban J connectivity index is 3.17. The summed E-state index contributed by atoms with van der Waals surface area (Å²) in [5.41, 5.74) is -0.665. The highest BCUT2D eigenvalue weighted by molar-refractivity contribution is 9.10. The van der Waals surface area contributed by atoms with Gasteiger partial charge in [0.15, 0.2) is 11.6 Å². The smallest absolute Gasteiger partial charge is 0.169 e. The second-order valence-electron chi connectivity index (χ2n) is 4.39. The van der Waals surface area contributed by atoms with E-state index in [1.807, 2.05) is 0 Å². The van der Waals surface area contributed by atoms with Gasteiger partial charge >= 0.3 is 0 Å². The number of ketones is 3. The first-order chi connectivity index (χ1) is 6.71. The second kappa shape index (κ2) is 3.98. The number of alkyl halides is 2. The number of hydrogen-bond donors (Lipinski definition) is 0. The molecule has 15 heavy (non-hydrogen) atoms. The third-order valence-corrected chi connectivity index (χ3v) is 5.19. The minimum absolute atomic E-state index is 0.380. The second-order valence-corrected chi connectivity index (χ2v) is 5.75. The zero-order valence-electron chi connectivity index (χ0n) is 8.71. The first-order valence-electron chi connectivity index (χ1n) is 4.57. The third-order valence-electron chi connectivity index (χ3n) is 2.78. The topological polar surface area (TPSA) is 51.2 Å². The zero-order chi connectivity index (χ0) is 12.0. The van der Waals surface area contributed by atoms with Crippen molar-refractivity contribution in [3.8, 4) is 0 Å². The molecule has 0 radical (unpaired) electrons. The van der Waals surface area contributed by atoms with Gasteiger partial charge in [-0.2, -0.15) is 0 Å². The molecule has 0 spiro atoms. The summed E-state index contributed by atoms with van der Waals surface area (Å²) in [5.74, 6) is -2.48. The van der Waals surface area contributed by atoms with Crippen LogP contribution in [0, 0.1) is 11.3 Å². The summed E-state index contributed by atoms with van der Waals surface area (Å²) in [4.78, 5) is 34.2. The van der Waals surface area contributed by atoms with E-state index in [0.29, 0.717) is 0 Å². The van der Waals surface area contributed by atoms with Gasteiger partial charge in [0, 0.05) is 5.41 Å². The Labute approximate surface area is 102 Å². The fourth-order valence-electron chi connectivity index (χ4n) is 1.70. The number of halogens is 2. The minimum atomic E-state index is -1.19. The van der Waals surface area contributed by atoms with E-state index in [9.17, 15) is 14.4 Å². The van der Waals surface area contributed by atoms with Crippen LogP contribution < -0.4 is 0 Å². The van der Waals surface area contributed by atoms with Crippen LogP contribution in [0.1, 0.15) is 20.8 Å². The average molecular weight is 296 g/mol. The Kier molecular flexibility index (Phi) is 3.41. The first-order valence-corrected chi connectivity index (χ1v) is 5.92. The van der Waals surface area contributed by atoms with Crippen LogP contribution in [0.4, 0.5) is 0 Å². The summed E-state index contributed by atoms with van der Waals surface area (Å²) >= 11 is 9.19. The van der Waals surface area contributed by atoms with Crippen molar-refractivity contribution in [2.45, 2.75) is 31.0 Å². The molecule has 3 atom stereocenters. The molecule has 0 bridgehead atoms. The van der Waals surface area contributed by atoms with E-state index in [2.05, 4.69) is 15.9 Å². The van der Waals surface area contributed by atoms with E-state index in [0.717, 1.165) is 0 Å². The summed E-state index contributed by atoms with van der Waals surface area (Å²) < 4.78 is 0. The van der Waals surface area contributed by atoms with E-state index >= 15 is 0 Å². The van der Waals surface area contributed by atoms with Crippen molar-refractivity contribution in [2.75, 3.05) is 0 Å². The van der Waals surface area contributed by atoms with Gasteiger partial charge in [-0.15, -0.1) is 11.6 Å². The molecule has 0 amide bonds. The number of Topliss-reactive ketones (excluding diaryl/α,β-unsaturated/α-hetero) is 3. The SMILES string of the molecule is CC(=O)C1C(=O)C(Cl)C(C)(C)C(Br)C1=O. The van der Waals surface area contributed by atoms with Crippen molar-refractivity contribution in [1.82, 2.24) is 0 Å². The van der Waals surface area contributed by atoms with E-state index in [4.69, 9.17) is 11.6 Å². The van der Waals surface area contributed by atoms with Gasteiger partial charge in [-0.25, -0.2) is 0 Å². The predicted molar refractivity (Wildman–Crippen MR) is 60.3 cm³/mol. The number of carbonyl (C=O) groups is 3. The standard InChI is InChI=1S/C10H12BrClO3/c1-4(13)5-6(14)8(11)10(2,3)9(12)7(5)15/h5,8-9H,1-3H3. The highest BCUT2D eigenvalue weighted by atomic mass is 79.9. The van der Waals surface area contributed by atoms with Crippen LogP contribution in [-0.2, 0) is 14.4 Å². The third kappa shape index (κ3) is 1.89. The Morgan fingerprint density at radius 1 is 1.33 bits per heavy atom. The van der Waals surface area contributed by atoms with Gasteiger partial charge in [-0.1, -0.05) is 29.8 Å². The molecule has 1 aliphatic carbocycles. The van der Waals surface area contributed by atoms with Crippen molar-refractivity contribution < 1.29 is 14.4 Å². The van der Waals surface area contributed by atoms with Gasteiger partial charge in [0.05, 0.1) is 10.2 Å². The van der Waals surface area contributed by atoms with Crippen molar-refractivity contribution in [3.63, 3.8) is 0 Å². The summed E-state index contributed by atoms with van der Waals surface area (Å²) in [6.45, 7) is 4.70. The molecule has 1 fully saturated rings. The van der Waals surface area contributed by atoms with Crippen LogP contribution in [0.2, 0.25) is 0 Å². The molecule has 84 valence electrons. The van der Waals surface area contributed by atoms with E-state index in [1.54, 1.807) is 13.8 Å². The molecular formula is C10H12BrClO3. The van der Waals surface area contributed by atoms with Crippen LogP contribution in [0.15, 0.2) is 0 Å². The van der Waals surface area contributed by atoms with E-state index in [1.165, 1.54) is 6.92 Å². The molecule has 0 N–H and O–H groups in total. The quantitative estimate of drug-likeness (QED) is 0.547. The van der Waals surface area contributed by atoms with Crippen molar-refractivity contribution in [3.05, 3.63) is 0 Å². The van der Waals surface area contributed by atoms with Crippen LogP contribution >= 0.6 is 27.5 Å². The summed E-state index contributed by atoms with van der Waals surface area (Å²) in [7, 11) is 0. The lowest BCUT2D eigenvalue weighted by Gasteiger charge is -2.39. The Morgan fingerprint density at radius 2 is 1.80 bits per heavy atom. The monoisotopic (exact) mass is 294 g/mol. The molecule has 5 heteroatoms. The first kappa shape index (κ1) is 12.8. The molecule has 1 saturated carbocycles. The summed E-state index contributed by atoms with van der Waals surface area (Å²) in [5, 5.41) is -0.812. The molecule has 1 rings (SSSR count). The van der Waals surface area contributed by atoms with Gasteiger partial charge in [0.1, 0.15) is 11.7 Å². The van der Waals surface area contributed by atoms with Crippen molar-refractivity contribution in [1.29, 1.82) is 0 Å². The maximum absolute atomic E-state index is 11.8. The predicted octanol–water partition coefficient (Wildman–Crippen LogP) is 1.74. The summed E-state index contributed by atoms with van der Waals surface area (Å²) in [6.07, 6.45) is 0. The molecule has 0 aliphatic heterocycles. The van der Waals surface area contributed by atoms with Crippen LogP contribution in [0.5, 0.6) is 0 Å². The van der Waals surface area contributed by atoms with Gasteiger partial charge in [-0.05, 0) is 6.92 Å². The van der Waals surface area contributed by atoms with Crippen LogP contribution in [0.3, 0.4) is 0 Å². The molecule has 0 heterocycles. The molecule has 0 aromatic carbocycles. The lowest BCUT2D eigenvalue weighted by atomic mass is 9.70. The van der Waals surface area contributed by atoms with E-state index in [-0.39, 0.29) is 5.78 Å². The average Bonchev–Trinajstić information content (AvgIpc) is 2.12. The van der Waals surface area contributed by atoms with Crippen molar-refractivity contribution in [2.24, 2.45) is 11.3 Å². The van der Waals surface area contributed by atoms with E-state index < -0.39 is 33.1 Å². The minimum Gasteiger partial charge on any atom is -0.299 e. The fraction of sp³-hybridized carbons (Fsp3) is 0.700. The van der Waals surface area contributed by atoms with Crippen molar-refractivity contribution >= 4 is 44.9 Å². The van der Waals surface area contributed by atoms with Gasteiger partial charge in [0.2, 0.25) is 0 Å². The maximum atomic E-state index is 11.8. The van der Waals surface area contributed by atoms with Gasteiger partial charge in [-0.3, -0.25) is 14.4 Å². The highest BCUT2D eigenvalue weighted by Crippen LogP contribution is 2.42. The lowest BCUT2D eigenvalue weighted by Crippen LogP contribution is -2.55. The molecular weight excluding hydrogens is 283 g/mol. The lowest BCUT2D eigenvalue weighted by molar-refractivity contribution is -0.143. The van der Waals surface area contributed by atoms with Crippen LogP contribution in [0.25, 0.3) is 0 Å². The molecule has 3 nitrogen and oxygen atoms in total. The number of hydrogen-bond acceptors (Lipinski definition) is 3. The maximum Gasteiger partial charge on any atom is 0.169 e. The molecule has 0 aromatic heterocycles. The Hall–Kier alpha value is -0.220. The molecule has 3 unspecified atom stereocenters. The Bertz CT molecular complexity index is 314. The number of carbonyl (C=O) groups excluding carboxylic acids is 3. The van der Waals surface area contributed by atoms with Crippen LogP contribution in [-0.4, -0.2) is 27.6 Å². The largest absolute Gasteiger partial charge is 0.299 e. The molecule has 1 aliphatic rings. The number of rotatable bonds is 1.